The van der Waals surface area contributed by atoms with Gasteiger partial charge in [0.15, 0.2) is 5.58 Å². The molecule has 4 aromatic heterocycles. The molecule has 0 spiro atoms. The first-order valence-corrected chi connectivity index (χ1v) is 16.1. The molecule has 11 rings (SSSR count). The summed E-state index contributed by atoms with van der Waals surface area (Å²) in [7, 11) is 0. The van der Waals surface area contributed by atoms with Crippen LogP contribution >= 0.6 is 0 Å². The summed E-state index contributed by atoms with van der Waals surface area (Å²) in [5.74, 6) is 0. The van der Waals surface area contributed by atoms with E-state index in [9.17, 15) is 4.79 Å². The van der Waals surface area contributed by atoms with Crippen molar-refractivity contribution in [3.05, 3.63) is 156 Å². The highest BCUT2D eigenvalue weighted by Crippen LogP contribution is 2.43. The molecule has 5 nitrogen and oxygen atoms in total. The van der Waals surface area contributed by atoms with E-state index in [-0.39, 0.29) is 5.43 Å². The Bertz CT molecular complexity index is 3100. The SMILES string of the molecule is O=c1c2ccccc2oc2cc3c(cc12)oc1c(-n2c4ccccc4c4ccccc42)c(-n2c4ccccc4c4ccccc42)ccc13. The van der Waals surface area contributed by atoms with Crippen molar-refractivity contribution in [3.63, 3.8) is 0 Å². The minimum Gasteiger partial charge on any atom is -0.456 e. The second kappa shape index (κ2) is 9.24. The lowest BCUT2D eigenvalue weighted by molar-refractivity contribution is 0.656. The number of nitrogens with zero attached hydrogens (tertiary/aromatic N) is 2. The van der Waals surface area contributed by atoms with Gasteiger partial charge in [0.25, 0.3) is 0 Å². The van der Waals surface area contributed by atoms with Crippen LogP contribution in [0.1, 0.15) is 0 Å². The molecule has 0 unspecified atom stereocenters. The van der Waals surface area contributed by atoms with Crippen LogP contribution in [0.15, 0.2) is 159 Å². The Hall–Kier alpha value is -6.59. The van der Waals surface area contributed by atoms with Crippen molar-refractivity contribution in [2.24, 2.45) is 0 Å². The fourth-order valence-electron chi connectivity index (χ4n) is 7.85. The Morgan fingerprint density at radius 1 is 0.375 bits per heavy atom. The smallest absolute Gasteiger partial charge is 0.200 e. The average molecular weight is 617 g/mol. The van der Waals surface area contributed by atoms with Gasteiger partial charge in [0, 0.05) is 32.3 Å². The van der Waals surface area contributed by atoms with Gasteiger partial charge in [-0.25, -0.2) is 0 Å². The molecule has 0 aliphatic rings. The second-order valence-electron chi connectivity index (χ2n) is 12.4. The number of benzene rings is 7. The van der Waals surface area contributed by atoms with Gasteiger partial charge in [-0.3, -0.25) is 4.79 Å². The molecule has 0 aliphatic carbocycles. The predicted molar refractivity (Wildman–Crippen MR) is 196 cm³/mol. The number of para-hydroxylation sites is 5. The first-order valence-electron chi connectivity index (χ1n) is 16.1. The fourth-order valence-corrected chi connectivity index (χ4v) is 7.85. The van der Waals surface area contributed by atoms with E-state index >= 15 is 0 Å². The first kappa shape index (κ1) is 25.6. The van der Waals surface area contributed by atoms with Gasteiger partial charge in [-0.1, -0.05) is 84.9 Å². The molecule has 0 radical (unpaired) electrons. The molecule has 48 heavy (non-hydrogen) atoms. The lowest BCUT2D eigenvalue weighted by atomic mass is 10.1. The summed E-state index contributed by atoms with van der Waals surface area (Å²) in [5.41, 5.74) is 8.75. The second-order valence-corrected chi connectivity index (χ2v) is 12.4. The zero-order valence-electron chi connectivity index (χ0n) is 25.5. The maximum atomic E-state index is 13.6. The van der Waals surface area contributed by atoms with E-state index in [0.717, 1.165) is 49.8 Å². The van der Waals surface area contributed by atoms with Gasteiger partial charge >= 0.3 is 0 Å². The van der Waals surface area contributed by atoms with Crippen LogP contribution in [0.25, 0.3) is 98.9 Å². The largest absolute Gasteiger partial charge is 0.456 e. The number of hydrogen-bond acceptors (Lipinski definition) is 3. The third-order valence-electron chi connectivity index (χ3n) is 9.92. The number of aromatic nitrogens is 2. The minimum absolute atomic E-state index is 0.0669. The molecule has 0 fully saturated rings. The molecule has 0 aliphatic heterocycles. The van der Waals surface area contributed by atoms with Crippen molar-refractivity contribution in [2.75, 3.05) is 0 Å². The summed E-state index contributed by atoms with van der Waals surface area (Å²) in [6.45, 7) is 0. The molecule has 0 N–H and O–H groups in total. The van der Waals surface area contributed by atoms with Crippen molar-refractivity contribution in [1.29, 1.82) is 0 Å². The summed E-state index contributed by atoms with van der Waals surface area (Å²) in [6, 6.07) is 49.7. The van der Waals surface area contributed by atoms with Crippen LogP contribution in [0, 0.1) is 0 Å². The average Bonchev–Trinajstić information content (AvgIpc) is 3.78. The van der Waals surface area contributed by atoms with Crippen molar-refractivity contribution >= 4 is 87.5 Å². The Balaban J connectivity index is 1.36. The van der Waals surface area contributed by atoms with Crippen LogP contribution in [0.3, 0.4) is 0 Å². The molecule has 7 aromatic carbocycles. The highest BCUT2D eigenvalue weighted by atomic mass is 16.3. The van der Waals surface area contributed by atoms with E-state index in [1.54, 1.807) is 0 Å². The van der Waals surface area contributed by atoms with Gasteiger partial charge in [-0.2, -0.15) is 0 Å². The molecule has 0 bridgehead atoms. The Morgan fingerprint density at radius 3 is 1.46 bits per heavy atom. The number of hydrogen-bond donors (Lipinski definition) is 0. The normalized spacial score (nSPS) is 12.2. The van der Waals surface area contributed by atoms with Crippen molar-refractivity contribution in [1.82, 2.24) is 9.13 Å². The molecule has 0 saturated heterocycles. The molecule has 0 amide bonds. The number of furan rings is 1. The topological polar surface area (TPSA) is 53.2 Å². The van der Waals surface area contributed by atoms with Crippen molar-refractivity contribution in [3.8, 4) is 11.4 Å². The van der Waals surface area contributed by atoms with Gasteiger partial charge in [0.2, 0.25) is 5.43 Å². The van der Waals surface area contributed by atoms with Gasteiger partial charge in [-0.15, -0.1) is 0 Å². The number of rotatable bonds is 2. The van der Waals surface area contributed by atoms with E-state index in [1.165, 1.54) is 21.5 Å². The molecule has 0 atom stereocenters. The van der Waals surface area contributed by atoms with Crippen LogP contribution in [-0.2, 0) is 0 Å². The van der Waals surface area contributed by atoms with E-state index in [2.05, 4.69) is 118 Å². The third-order valence-corrected chi connectivity index (χ3v) is 9.92. The zero-order valence-corrected chi connectivity index (χ0v) is 25.5. The van der Waals surface area contributed by atoms with Crippen molar-refractivity contribution < 1.29 is 8.83 Å². The molecule has 4 heterocycles. The van der Waals surface area contributed by atoms with Crippen LogP contribution in [-0.4, -0.2) is 9.13 Å². The van der Waals surface area contributed by atoms with Gasteiger partial charge in [0.05, 0.1) is 38.5 Å². The minimum atomic E-state index is -0.0669. The maximum absolute atomic E-state index is 13.6. The molecular formula is C43H24N2O3. The van der Waals surface area contributed by atoms with Crippen LogP contribution < -0.4 is 5.43 Å². The summed E-state index contributed by atoms with van der Waals surface area (Å²) < 4.78 is 17.9. The molecular weight excluding hydrogens is 592 g/mol. The quantitative estimate of drug-likeness (QED) is 0.182. The van der Waals surface area contributed by atoms with Crippen LogP contribution in [0.4, 0.5) is 0 Å². The Kier molecular flexibility index (Phi) is 4.93. The summed E-state index contributed by atoms with van der Waals surface area (Å²) >= 11 is 0. The van der Waals surface area contributed by atoms with Gasteiger partial charge < -0.3 is 18.0 Å². The third kappa shape index (κ3) is 3.27. The monoisotopic (exact) mass is 616 g/mol. The van der Waals surface area contributed by atoms with Gasteiger partial charge in [-0.05, 0) is 60.7 Å². The predicted octanol–water partition coefficient (Wildman–Crippen LogP) is 11.0. The van der Waals surface area contributed by atoms with E-state index in [1.807, 2.05) is 36.4 Å². The maximum Gasteiger partial charge on any atom is 0.200 e. The Morgan fingerprint density at radius 2 is 0.854 bits per heavy atom. The van der Waals surface area contributed by atoms with E-state index in [4.69, 9.17) is 8.83 Å². The highest BCUT2D eigenvalue weighted by Gasteiger charge is 2.24. The summed E-state index contributed by atoms with van der Waals surface area (Å²) in [6.07, 6.45) is 0. The van der Waals surface area contributed by atoms with Crippen LogP contribution in [0.2, 0.25) is 0 Å². The Labute approximate surface area is 272 Å². The lowest BCUT2D eigenvalue weighted by Gasteiger charge is -2.17. The van der Waals surface area contributed by atoms with Crippen molar-refractivity contribution in [2.45, 2.75) is 0 Å². The van der Waals surface area contributed by atoms with E-state index < -0.39 is 0 Å². The van der Waals surface area contributed by atoms with E-state index in [0.29, 0.717) is 27.5 Å². The van der Waals surface area contributed by atoms with Gasteiger partial charge in [0.1, 0.15) is 22.4 Å². The fraction of sp³-hybridized carbons (Fsp3) is 0. The summed E-state index contributed by atoms with van der Waals surface area (Å²) in [5, 5.41) is 7.61. The molecule has 5 heteroatoms. The molecule has 11 aromatic rings. The number of fused-ring (bicyclic) bond motifs is 11. The highest BCUT2D eigenvalue weighted by molar-refractivity contribution is 6.17. The zero-order chi connectivity index (χ0) is 31.5. The first-order chi connectivity index (χ1) is 23.7. The lowest BCUT2D eigenvalue weighted by Crippen LogP contribution is -2.04. The molecule has 0 saturated carbocycles. The summed E-state index contributed by atoms with van der Waals surface area (Å²) in [4.78, 5) is 13.6. The molecule has 224 valence electrons. The van der Waals surface area contributed by atoms with Crippen LogP contribution in [0.5, 0.6) is 0 Å². The standard InChI is InChI=1S/C43H24N2O3/c46-42-30-15-5-10-20-38(30)47-40-23-31-29-21-22-37(44-33-16-6-1-11-25(33)26-12-2-7-17-34(26)44)41(43(29)48-39(31)24-32(40)42)45-35-18-8-3-13-27(35)28-14-4-9-19-36(28)45/h1-24H.